The highest BCUT2D eigenvalue weighted by atomic mass is 16.5. The fraction of sp³-hybridized carbons (Fsp3) is 0.280. The minimum atomic E-state index is -0.665. The Labute approximate surface area is 197 Å². The Morgan fingerprint density at radius 3 is 2.24 bits per heavy atom. The summed E-state index contributed by atoms with van der Waals surface area (Å²) in [5.41, 5.74) is 2.21. The summed E-state index contributed by atoms with van der Waals surface area (Å²) >= 11 is 0. The van der Waals surface area contributed by atoms with Crippen molar-refractivity contribution < 1.29 is 23.9 Å². The molecule has 1 unspecified atom stereocenters. The molecule has 0 spiro atoms. The molecule has 0 radical (unpaired) electrons. The molecule has 0 saturated carbocycles. The summed E-state index contributed by atoms with van der Waals surface area (Å²) < 4.78 is 10.7. The van der Waals surface area contributed by atoms with Gasteiger partial charge in [-0.1, -0.05) is 24.3 Å². The van der Waals surface area contributed by atoms with Gasteiger partial charge in [0.05, 0.1) is 23.5 Å². The second-order valence-corrected chi connectivity index (χ2v) is 7.97. The highest BCUT2D eigenvalue weighted by Gasteiger charge is 2.33. The van der Waals surface area contributed by atoms with Crippen molar-refractivity contribution in [1.82, 2.24) is 0 Å². The molecule has 9 heteroatoms. The van der Waals surface area contributed by atoms with Crippen LogP contribution in [0.3, 0.4) is 0 Å². The molecule has 34 heavy (non-hydrogen) atoms. The van der Waals surface area contributed by atoms with E-state index in [1.165, 1.54) is 4.90 Å². The predicted octanol–water partition coefficient (Wildman–Crippen LogP) is 2.62. The molecule has 1 amide bonds. The lowest BCUT2D eigenvalue weighted by Crippen LogP contribution is -2.45. The number of ketones is 1. The third kappa shape index (κ3) is 4.06. The summed E-state index contributed by atoms with van der Waals surface area (Å²) in [6.45, 7) is 1.17. The van der Waals surface area contributed by atoms with Crippen LogP contribution in [0.4, 0.5) is 17.1 Å². The smallest absolute Gasteiger partial charge is 0.308 e. The van der Waals surface area contributed by atoms with Gasteiger partial charge in [-0.15, -0.1) is 0 Å². The minimum Gasteiger partial charge on any atom is -0.479 e. The third-order valence-corrected chi connectivity index (χ3v) is 5.83. The summed E-state index contributed by atoms with van der Waals surface area (Å²) in [5, 5.41) is 9.68. The van der Waals surface area contributed by atoms with Crippen molar-refractivity contribution in [2.75, 3.05) is 41.9 Å². The van der Waals surface area contributed by atoms with Gasteiger partial charge in [0.2, 0.25) is 5.78 Å². The normalized spacial score (nSPS) is 16.4. The molecule has 2 aromatic rings. The zero-order valence-electron chi connectivity index (χ0n) is 19.1. The largest absolute Gasteiger partial charge is 0.479 e. The van der Waals surface area contributed by atoms with E-state index in [2.05, 4.69) is 0 Å². The van der Waals surface area contributed by atoms with Gasteiger partial charge in [0.1, 0.15) is 23.2 Å². The lowest BCUT2D eigenvalue weighted by Gasteiger charge is -2.32. The number of nitrogens with zero attached hydrogens (tertiary/aromatic N) is 4. The molecular weight excluding hydrogens is 436 g/mol. The van der Waals surface area contributed by atoms with Gasteiger partial charge in [-0.2, -0.15) is 5.26 Å². The number of nitriles is 1. The molecule has 0 fully saturated rings. The summed E-state index contributed by atoms with van der Waals surface area (Å²) in [5.74, 6) is -0.510. The van der Waals surface area contributed by atoms with Gasteiger partial charge in [-0.05, 0) is 31.2 Å². The number of anilines is 3. The van der Waals surface area contributed by atoms with E-state index in [-0.39, 0.29) is 24.4 Å². The summed E-state index contributed by atoms with van der Waals surface area (Å²) in [6.07, 6.45) is -0.772. The summed E-state index contributed by atoms with van der Waals surface area (Å²) in [4.78, 5) is 42.7. The Kier molecular flexibility index (Phi) is 6.23. The minimum absolute atomic E-state index is 0.0869. The quantitative estimate of drug-likeness (QED) is 0.368. The third-order valence-electron chi connectivity index (χ3n) is 5.83. The molecule has 2 aliphatic heterocycles. The van der Waals surface area contributed by atoms with E-state index in [1.807, 2.05) is 30.3 Å². The van der Waals surface area contributed by atoms with Gasteiger partial charge >= 0.3 is 5.97 Å². The van der Waals surface area contributed by atoms with Crippen molar-refractivity contribution in [2.24, 2.45) is 0 Å². The zero-order chi connectivity index (χ0) is 24.4. The second kappa shape index (κ2) is 9.27. The number of amides is 1. The van der Waals surface area contributed by atoms with E-state index in [0.717, 1.165) is 11.4 Å². The van der Waals surface area contributed by atoms with Gasteiger partial charge < -0.3 is 24.2 Å². The maximum atomic E-state index is 12.8. The number of hydrogen-bond acceptors (Lipinski definition) is 8. The molecule has 0 bridgehead atoms. The monoisotopic (exact) mass is 460 g/mol. The van der Waals surface area contributed by atoms with E-state index in [1.54, 1.807) is 55.1 Å². The van der Waals surface area contributed by atoms with Gasteiger partial charge in [0, 0.05) is 20.6 Å². The summed E-state index contributed by atoms with van der Waals surface area (Å²) in [6, 6.07) is 16.6. The number of ether oxygens (including phenoxy) is 2. The van der Waals surface area contributed by atoms with Crippen molar-refractivity contribution in [3.05, 3.63) is 59.9 Å². The molecular formula is C25H24N4O5. The van der Waals surface area contributed by atoms with Gasteiger partial charge in [-0.3, -0.25) is 14.4 Å². The van der Waals surface area contributed by atoms with Crippen molar-refractivity contribution in [3.8, 4) is 11.8 Å². The SMILES string of the molecule is CC1Oc2ccccc2N(CCC(=O)OCC(=O)C(C#N)=C2N(C)c3ccccc3N2C)C1=O. The maximum Gasteiger partial charge on any atom is 0.308 e. The fourth-order valence-corrected chi connectivity index (χ4v) is 4.14. The zero-order valence-corrected chi connectivity index (χ0v) is 19.1. The summed E-state index contributed by atoms with van der Waals surface area (Å²) in [7, 11) is 3.54. The van der Waals surface area contributed by atoms with Crippen LogP contribution in [-0.2, 0) is 19.1 Å². The van der Waals surface area contributed by atoms with Crippen LogP contribution in [0, 0.1) is 11.3 Å². The molecule has 0 saturated heterocycles. The Morgan fingerprint density at radius 1 is 1.03 bits per heavy atom. The highest BCUT2D eigenvalue weighted by Crippen LogP contribution is 2.40. The standard InChI is InChI=1S/C25H24N4O5/c1-16-25(32)29(20-10-6-7-11-22(20)34-16)13-12-23(31)33-15-21(30)17(14-26)24-27(2)18-8-4-5-9-19(18)28(24)3/h4-11,16H,12-13,15H2,1-3H3. The van der Waals surface area contributed by atoms with Gasteiger partial charge in [-0.25, -0.2) is 0 Å². The van der Waals surface area contributed by atoms with Gasteiger partial charge in [0.15, 0.2) is 12.7 Å². The fourth-order valence-electron chi connectivity index (χ4n) is 4.14. The van der Waals surface area contributed by atoms with E-state index in [0.29, 0.717) is 17.3 Å². The average Bonchev–Trinajstić information content (AvgIpc) is 3.09. The number of fused-ring (bicyclic) bond motifs is 2. The number of carbonyl (C=O) groups is 3. The molecule has 2 aliphatic rings. The van der Waals surface area contributed by atoms with Crippen LogP contribution in [0.15, 0.2) is 59.9 Å². The van der Waals surface area contributed by atoms with Gasteiger partial charge in [0.25, 0.3) is 5.91 Å². The number of rotatable bonds is 6. The molecule has 2 aromatic carbocycles. The van der Waals surface area contributed by atoms with Crippen molar-refractivity contribution in [3.63, 3.8) is 0 Å². The lowest BCUT2D eigenvalue weighted by atomic mass is 10.1. The van der Waals surface area contributed by atoms with E-state index in [4.69, 9.17) is 9.47 Å². The predicted molar refractivity (Wildman–Crippen MR) is 125 cm³/mol. The Balaban J connectivity index is 1.40. The molecule has 2 heterocycles. The number of Topliss-reactive ketones (excluding diaryl/α,β-unsaturated/α-hetero) is 1. The molecule has 0 aromatic heterocycles. The van der Waals surface area contributed by atoms with Crippen LogP contribution >= 0.6 is 0 Å². The van der Waals surface area contributed by atoms with Crippen molar-refractivity contribution >= 4 is 34.7 Å². The molecule has 9 nitrogen and oxygen atoms in total. The van der Waals surface area contributed by atoms with E-state index in [9.17, 15) is 19.6 Å². The maximum absolute atomic E-state index is 12.8. The molecule has 4 rings (SSSR count). The first kappa shape index (κ1) is 22.9. The van der Waals surface area contributed by atoms with Crippen LogP contribution in [0.5, 0.6) is 5.75 Å². The lowest BCUT2D eigenvalue weighted by molar-refractivity contribution is -0.146. The molecule has 0 aliphatic carbocycles. The number of carbonyl (C=O) groups excluding carboxylic acids is 3. The first-order chi connectivity index (χ1) is 16.3. The van der Waals surface area contributed by atoms with Crippen LogP contribution in [-0.4, -0.2) is 51.0 Å². The first-order valence-corrected chi connectivity index (χ1v) is 10.8. The van der Waals surface area contributed by atoms with Crippen molar-refractivity contribution in [1.29, 1.82) is 5.26 Å². The Bertz CT molecular complexity index is 1200. The number of benzene rings is 2. The van der Waals surface area contributed by atoms with Crippen molar-refractivity contribution in [2.45, 2.75) is 19.4 Å². The average molecular weight is 460 g/mol. The van der Waals surface area contributed by atoms with Crippen LogP contribution < -0.4 is 19.4 Å². The number of para-hydroxylation sites is 4. The number of hydrogen-bond donors (Lipinski definition) is 0. The van der Waals surface area contributed by atoms with Crippen LogP contribution in [0.25, 0.3) is 0 Å². The molecule has 0 N–H and O–H groups in total. The molecule has 1 atom stereocenters. The Morgan fingerprint density at radius 2 is 1.62 bits per heavy atom. The second-order valence-electron chi connectivity index (χ2n) is 7.97. The first-order valence-electron chi connectivity index (χ1n) is 10.8. The van der Waals surface area contributed by atoms with E-state index < -0.39 is 24.5 Å². The Hall–Kier alpha value is -4.32. The molecule has 174 valence electrons. The van der Waals surface area contributed by atoms with E-state index >= 15 is 0 Å². The highest BCUT2D eigenvalue weighted by molar-refractivity contribution is 6.04. The van der Waals surface area contributed by atoms with Crippen LogP contribution in [0.1, 0.15) is 13.3 Å². The number of esters is 1. The van der Waals surface area contributed by atoms with Crippen LogP contribution in [0.2, 0.25) is 0 Å². The topological polar surface area (TPSA) is 103 Å².